The highest BCUT2D eigenvalue weighted by atomic mass is 32.2. The summed E-state index contributed by atoms with van der Waals surface area (Å²) in [5.74, 6) is -0.0224. The van der Waals surface area contributed by atoms with Crippen LogP contribution in [-0.2, 0) is 26.7 Å². The average Bonchev–Trinajstić information content (AvgIpc) is 3.14. The van der Waals surface area contributed by atoms with Gasteiger partial charge in [-0.1, -0.05) is 30.3 Å². The number of rotatable bonds is 4. The minimum absolute atomic E-state index is 0.0631. The molecule has 2 heterocycles. The van der Waals surface area contributed by atoms with Crippen LogP contribution >= 0.6 is 0 Å². The van der Waals surface area contributed by atoms with Gasteiger partial charge in [0.1, 0.15) is 0 Å². The van der Waals surface area contributed by atoms with Gasteiger partial charge in [-0.05, 0) is 56.5 Å². The molecule has 7 nitrogen and oxygen atoms in total. The molecule has 0 bridgehead atoms. The quantitative estimate of drug-likeness (QED) is 0.690. The van der Waals surface area contributed by atoms with Crippen molar-refractivity contribution in [3.8, 4) is 0 Å². The Labute approximate surface area is 196 Å². The van der Waals surface area contributed by atoms with E-state index >= 15 is 0 Å². The molecule has 2 amide bonds. The molecule has 4 rings (SSSR count). The Morgan fingerprint density at radius 3 is 2.15 bits per heavy atom. The second-order valence-corrected chi connectivity index (χ2v) is 11.4. The van der Waals surface area contributed by atoms with Crippen LogP contribution in [-0.4, -0.2) is 68.5 Å². The third-order valence-electron chi connectivity index (χ3n) is 6.72. The lowest BCUT2D eigenvalue weighted by Gasteiger charge is -2.39. The molecule has 1 fully saturated rings. The predicted octanol–water partition coefficient (Wildman–Crippen LogP) is 2.66. The van der Waals surface area contributed by atoms with Crippen LogP contribution < -0.4 is 4.31 Å². The lowest BCUT2D eigenvalue weighted by molar-refractivity contribution is -0.137. The van der Waals surface area contributed by atoms with Crippen molar-refractivity contribution in [2.75, 3.05) is 36.7 Å². The zero-order valence-electron chi connectivity index (χ0n) is 19.6. The summed E-state index contributed by atoms with van der Waals surface area (Å²) in [5, 5.41) is 0. The smallest absolute Gasteiger partial charge is 0.253 e. The third-order valence-corrected chi connectivity index (χ3v) is 7.99. The van der Waals surface area contributed by atoms with Crippen LogP contribution in [0.5, 0.6) is 0 Å². The van der Waals surface area contributed by atoms with E-state index in [0.717, 1.165) is 11.1 Å². The van der Waals surface area contributed by atoms with Crippen molar-refractivity contribution >= 4 is 27.5 Å². The summed E-state index contributed by atoms with van der Waals surface area (Å²) in [5.41, 5.74) is 2.43. The van der Waals surface area contributed by atoms with Crippen LogP contribution in [0.1, 0.15) is 42.3 Å². The molecule has 0 aliphatic carbocycles. The fraction of sp³-hybridized carbons (Fsp3) is 0.440. The van der Waals surface area contributed by atoms with Gasteiger partial charge in [0.2, 0.25) is 15.9 Å². The largest absolute Gasteiger partial charge is 0.338 e. The summed E-state index contributed by atoms with van der Waals surface area (Å²) in [7, 11) is -3.36. The molecule has 1 saturated heterocycles. The zero-order chi connectivity index (χ0) is 24.0. The van der Waals surface area contributed by atoms with E-state index in [1.807, 2.05) is 62.1 Å². The highest BCUT2D eigenvalue weighted by Gasteiger charge is 2.36. The molecule has 1 unspecified atom stereocenters. The molecule has 8 heteroatoms. The maximum atomic E-state index is 13.2. The normalized spacial score (nSPS) is 18.9. The van der Waals surface area contributed by atoms with E-state index in [1.165, 1.54) is 10.6 Å². The van der Waals surface area contributed by atoms with Crippen molar-refractivity contribution < 1.29 is 18.0 Å². The maximum Gasteiger partial charge on any atom is 0.253 e. The molecule has 2 aromatic carbocycles. The molecule has 0 aromatic heterocycles. The van der Waals surface area contributed by atoms with Crippen LogP contribution in [0.15, 0.2) is 48.5 Å². The van der Waals surface area contributed by atoms with Gasteiger partial charge in [0.15, 0.2) is 0 Å². The number of amides is 2. The Morgan fingerprint density at radius 2 is 1.55 bits per heavy atom. The van der Waals surface area contributed by atoms with Crippen molar-refractivity contribution in [2.24, 2.45) is 0 Å². The molecule has 0 radical (unpaired) electrons. The monoisotopic (exact) mass is 469 g/mol. The van der Waals surface area contributed by atoms with Crippen molar-refractivity contribution in [3.63, 3.8) is 0 Å². The van der Waals surface area contributed by atoms with E-state index in [-0.39, 0.29) is 17.9 Å². The molecular weight excluding hydrogens is 438 g/mol. The van der Waals surface area contributed by atoms with Gasteiger partial charge < -0.3 is 9.80 Å². The number of sulfonamides is 1. The van der Waals surface area contributed by atoms with E-state index in [0.29, 0.717) is 43.9 Å². The summed E-state index contributed by atoms with van der Waals surface area (Å²) in [6.45, 7) is 7.67. The number of benzene rings is 2. The summed E-state index contributed by atoms with van der Waals surface area (Å²) < 4.78 is 25.7. The minimum atomic E-state index is -3.36. The molecule has 2 aliphatic rings. The average molecular weight is 470 g/mol. The minimum Gasteiger partial charge on any atom is -0.338 e. The molecule has 2 aliphatic heterocycles. The molecular formula is C25H31N3O4S. The van der Waals surface area contributed by atoms with Gasteiger partial charge in [-0.2, -0.15) is 0 Å². The second kappa shape index (κ2) is 8.48. The Morgan fingerprint density at radius 1 is 0.939 bits per heavy atom. The SMILES string of the molecule is CC1Cc2cc(C(=O)N3CCN(C(=O)C(C)(C)c4ccccc4)CC3)ccc2N1S(C)(=O)=O. The van der Waals surface area contributed by atoms with Gasteiger partial charge in [0.25, 0.3) is 5.91 Å². The van der Waals surface area contributed by atoms with Crippen LogP contribution in [0.2, 0.25) is 0 Å². The van der Waals surface area contributed by atoms with Gasteiger partial charge in [0, 0.05) is 37.8 Å². The first-order valence-corrected chi connectivity index (χ1v) is 13.1. The molecule has 2 aromatic rings. The highest BCUT2D eigenvalue weighted by Crippen LogP contribution is 2.35. The first-order valence-electron chi connectivity index (χ1n) is 11.3. The fourth-order valence-corrected chi connectivity index (χ4v) is 6.17. The first-order chi connectivity index (χ1) is 15.5. The van der Waals surface area contributed by atoms with Crippen LogP contribution in [0, 0.1) is 0 Å². The Bertz CT molecular complexity index is 1170. The predicted molar refractivity (Wildman–Crippen MR) is 129 cm³/mol. The number of carbonyl (C=O) groups is 2. The lowest BCUT2D eigenvalue weighted by atomic mass is 9.83. The number of nitrogens with zero attached hydrogens (tertiary/aromatic N) is 3. The Hall–Kier alpha value is -2.87. The number of hydrogen-bond acceptors (Lipinski definition) is 4. The number of fused-ring (bicyclic) bond motifs is 1. The molecule has 0 saturated carbocycles. The topological polar surface area (TPSA) is 78.0 Å². The number of carbonyl (C=O) groups excluding carboxylic acids is 2. The summed E-state index contributed by atoms with van der Waals surface area (Å²) in [4.78, 5) is 30.0. The van der Waals surface area contributed by atoms with E-state index in [1.54, 1.807) is 17.0 Å². The van der Waals surface area contributed by atoms with Crippen molar-refractivity contribution in [1.29, 1.82) is 0 Å². The second-order valence-electron chi connectivity index (χ2n) is 9.53. The Balaban J connectivity index is 1.43. The summed E-state index contributed by atoms with van der Waals surface area (Å²) >= 11 is 0. The molecule has 0 N–H and O–H groups in total. The van der Waals surface area contributed by atoms with Gasteiger partial charge in [-0.15, -0.1) is 0 Å². The van der Waals surface area contributed by atoms with Crippen LogP contribution in [0.3, 0.4) is 0 Å². The fourth-order valence-electron chi connectivity index (χ4n) is 4.91. The number of piperazine rings is 1. The van der Waals surface area contributed by atoms with E-state index < -0.39 is 15.4 Å². The maximum absolute atomic E-state index is 13.2. The van der Waals surface area contributed by atoms with E-state index in [2.05, 4.69) is 0 Å². The van der Waals surface area contributed by atoms with Crippen molar-refractivity contribution in [3.05, 3.63) is 65.2 Å². The van der Waals surface area contributed by atoms with E-state index in [9.17, 15) is 18.0 Å². The standard InChI is InChI=1S/C25H31N3O4S/c1-18-16-20-17-19(10-11-22(20)28(18)33(4,31)32)23(29)26-12-14-27(15-13-26)24(30)25(2,3)21-8-6-5-7-9-21/h5-11,17-18H,12-16H2,1-4H3. The van der Waals surface area contributed by atoms with Gasteiger partial charge in [-0.3, -0.25) is 13.9 Å². The Kier molecular flexibility index (Phi) is 5.99. The molecule has 0 spiro atoms. The third kappa shape index (κ3) is 4.36. The van der Waals surface area contributed by atoms with Crippen molar-refractivity contribution in [1.82, 2.24) is 9.80 Å². The number of anilines is 1. The summed E-state index contributed by atoms with van der Waals surface area (Å²) in [6, 6.07) is 14.8. The molecule has 176 valence electrons. The molecule has 33 heavy (non-hydrogen) atoms. The van der Waals surface area contributed by atoms with Crippen LogP contribution in [0.25, 0.3) is 0 Å². The molecule has 1 atom stereocenters. The van der Waals surface area contributed by atoms with Gasteiger partial charge in [0.05, 0.1) is 17.4 Å². The van der Waals surface area contributed by atoms with Crippen molar-refractivity contribution in [2.45, 2.75) is 38.6 Å². The zero-order valence-corrected chi connectivity index (χ0v) is 20.4. The summed E-state index contributed by atoms with van der Waals surface area (Å²) in [6.07, 6.45) is 1.79. The van der Waals surface area contributed by atoms with E-state index in [4.69, 9.17) is 0 Å². The van der Waals surface area contributed by atoms with Gasteiger partial charge >= 0.3 is 0 Å². The van der Waals surface area contributed by atoms with Crippen LogP contribution in [0.4, 0.5) is 5.69 Å². The van der Waals surface area contributed by atoms with Gasteiger partial charge in [-0.25, -0.2) is 8.42 Å². The first kappa shape index (κ1) is 23.3. The number of hydrogen-bond donors (Lipinski definition) is 0. The highest BCUT2D eigenvalue weighted by molar-refractivity contribution is 7.92. The lowest BCUT2D eigenvalue weighted by Crippen LogP contribution is -2.54.